The summed E-state index contributed by atoms with van der Waals surface area (Å²) >= 11 is 12.3. The van der Waals surface area contributed by atoms with E-state index in [9.17, 15) is 12.3 Å². The van der Waals surface area contributed by atoms with E-state index in [1.165, 1.54) is 12.1 Å². The average molecular weight is 644 g/mol. The van der Waals surface area contributed by atoms with Gasteiger partial charge in [-0.3, -0.25) is 9.11 Å². The second-order valence-corrected chi connectivity index (χ2v) is 11.8. The van der Waals surface area contributed by atoms with Crippen molar-refractivity contribution in [3.05, 3.63) is 99.2 Å². The Bertz CT molecular complexity index is 1730. The molecule has 41 heavy (non-hydrogen) atoms. The first-order chi connectivity index (χ1) is 19.1. The summed E-state index contributed by atoms with van der Waals surface area (Å²) in [6.07, 6.45) is 2.78. The quantitative estimate of drug-likeness (QED) is 0.147. The largest absolute Gasteiger partial charge is 0.394 e. The van der Waals surface area contributed by atoms with Gasteiger partial charge in [-0.15, -0.1) is 3.89 Å². The van der Waals surface area contributed by atoms with Gasteiger partial charge in [0.2, 0.25) is 5.95 Å². The molecule has 1 aromatic heterocycles. The van der Waals surface area contributed by atoms with Gasteiger partial charge in [0, 0.05) is 5.56 Å². The lowest BCUT2D eigenvalue weighted by molar-refractivity contribution is 0.381. The van der Waals surface area contributed by atoms with Crippen LogP contribution in [0.2, 0.25) is 10.0 Å². The maximum Gasteiger partial charge on any atom is 0.394 e. The van der Waals surface area contributed by atoms with E-state index in [2.05, 4.69) is 34.2 Å². The molecule has 0 amide bonds. The molecule has 4 rings (SSSR count). The third kappa shape index (κ3) is 10.2. The highest BCUT2D eigenvalue weighted by Gasteiger charge is 2.15. The molecule has 0 saturated carbocycles. The Morgan fingerprint density at radius 2 is 1.17 bits per heavy atom. The predicted molar refractivity (Wildman–Crippen MR) is 156 cm³/mol. The van der Waals surface area contributed by atoms with E-state index in [1.807, 2.05) is 6.07 Å². The number of aryl methyl sites for hydroxylation is 4. The molecule has 10 nitrogen and oxygen atoms in total. The Balaban J connectivity index is 0.000000850. The summed E-state index contributed by atoms with van der Waals surface area (Å²) in [6.45, 7) is 0. The molecule has 1 heterocycles. The van der Waals surface area contributed by atoms with Crippen LogP contribution in [0.25, 0.3) is 11.1 Å². The summed E-state index contributed by atoms with van der Waals surface area (Å²) in [6, 6.07) is 19.3. The molecule has 0 aliphatic rings. The molecule has 0 spiro atoms. The molecule has 0 unspecified atom stereocenters. The maximum absolute atomic E-state index is 13.0. The zero-order chi connectivity index (χ0) is 30.4. The summed E-state index contributed by atoms with van der Waals surface area (Å²) in [5.74, 6) is 0.391. The van der Waals surface area contributed by atoms with Gasteiger partial charge >= 0.3 is 20.6 Å². The number of nitrogens with two attached hydrogens (primary N) is 2. The van der Waals surface area contributed by atoms with Crippen molar-refractivity contribution in [2.45, 2.75) is 30.6 Å². The fraction of sp³-hybridized carbons (Fsp3) is 0.154. The number of rotatable bonds is 8. The molecule has 0 saturated heterocycles. The van der Waals surface area contributed by atoms with Gasteiger partial charge in [0.1, 0.15) is 5.82 Å². The number of benzene rings is 3. The highest BCUT2D eigenvalue weighted by atomic mass is 35.5. The fourth-order valence-corrected chi connectivity index (χ4v) is 4.70. The highest BCUT2D eigenvalue weighted by Crippen LogP contribution is 2.33. The number of nitrogens with zero attached hydrogens (tertiary/aromatic N) is 2. The lowest BCUT2D eigenvalue weighted by Crippen LogP contribution is -2.08. The normalized spacial score (nSPS) is 11.5. The number of nitrogen functional groups attached to an aromatic ring is 2. The number of aromatic nitrogens is 2. The summed E-state index contributed by atoms with van der Waals surface area (Å²) in [5.41, 5.74) is 17.4. The molecule has 0 atom stereocenters. The van der Waals surface area contributed by atoms with Crippen LogP contribution in [0.1, 0.15) is 22.4 Å². The van der Waals surface area contributed by atoms with Crippen LogP contribution in [0, 0.1) is 0 Å². The summed E-state index contributed by atoms with van der Waals surface area (Å²) < 4.78 is 66.5. The van der Waals surface area contributed by atoms with Crippen molar-refractivity contribution in [2.24, 2.45) is 0 Å². The van der Waals surface area contributed by atoms with E-state index >= 15 is 0 Å². The molecular weight excluding hydrogens is 618 g/mol. The number of anilines is 2. The van der Waals surface area contributed by atoms with Gasteiger partial charge in [-0.05, 0) is 72.2 Å². The van der Waals surface area contributed by atoms with Crippen LogP contribution >= 0.6 is 23.2 Å². The van der Waals surface area contributed by atoms with Crippen LogP contribution in [0.4, 0.5) is 15.7 Å². The number of halogens is 3. The molecule has 0 bridgehead atoms. The van der Waals surface area contributed by atoms with E-state index in [0.29, 0.717) is 34.9 Å². The van der Waals surface area contributed by atoms with E-state index < -0.39 is 20.6 Å². The zero-order valence-electron chi connectivity index (χ0n) is 21.2. The van der Waals surface area contributed by atoms with Crippen LogP contribution in [0.15, 0.2) is 71.6 Å². The summed E-state index contributed by atoms with van der Waals surface area (Å²) in [5, 5.41) is 0.858. The van der Waals surface area contributed by atoms with E-state index in [1.54, 1.807) is 24.3 Å². The van der Waals surface area contributed by atoms with Gasteiger partial charge in [0.15, 0.2) is 0 Å². The first-order valence-electron chi connectivity index (χ1n) is 11.8. The van der Waals surface area contributed by atoms with E-state index in [4.69, 9.17) is 52.2 Å². The topological polar surface area (TPSA) is 187 Å². The Kier molecular flexibility index (Phi) is 10.6. The molecule has 6 N–H and O–H groups in total. The van der Waals surface area contributed by atoms with Crippen molar-refractivity contribution in [1.82, 2.24) is 9.97 Å². The molecule has 0 radical (unpaired) electrons. The molecule has 15 heteroatoms. The minimum atomic E-state index is -4.68. The van der Waals surface area contributed by atoms with Gasteiger partial charge in [-0.25, -0.2) is 4.98 Å². The standard InChI is InChI=1S/C26H23Cl2FN4O2S.H2O4S/c27-21-13-10-19(15-22(21)28)24-23(32-26(31)33-25(24)30)14-9-17-4-1-16(2-5-17)3-6-18-7-11-20(12-8-18)36(29,34)35;1-5(2,3)4/h1-2,4-5,7-8,10-13,15H,3,6,9,14H2,(H4,30,31,32,33);(H2,1,2,3,4). The van der Waals surface area contributed by atoms with E-state index in [0.717, 1.165) is 34.4 Å². The van der Waals surface area contributed by atoms with Crippen LogP contribution in [-0.4, -0.2) is 35.9 Å². The summed E-state index contributed by atoms with van der Waals surface area (Å²) in [4.78, 5) is 8.21. The van der Waals surface area contributed by atoms with Crippen LogP contribution in [0.5, 0.6) is 0 Å². The minimum Gasteiger partial charge on any atom is -0.383 e. The zero-order valence-corrected chi connectivity index (χ0v) is 24.4. The van der Waals surface area contributed by atoms with Crippen molar-refractivity contribution in [3.63, 3.8) is 0 Å². The second-order valence-electron chi connectivity index (χ2n) is 8.76. The minimum absolute atomic E-state index is 0.110. The number of hydrogen-bond acceptors (Lipinski definition) is 8. The van der Waals surface area contributed by atoms with Crippen molar-refractivity contribution < 1.29 is 29.8 Å². The average Bonchev–Trinajstić information content (AvgIpc) is 2.87. The third-order valence-corrected chi connectivity index (χ3v) is 7.39. The molecule has 0 aliphatic heterocycles. The third-order valence-electron chi connectivity index (χ3n) is 5.82. The molecule has 0 aliphatic carbocycles. The Hall–Kier alpha value is -3.33. The Morgan fingerprint density at radius 3 is 1.63 bits per heavy atom. The van der Waals surface area contributed by atoms with Gasteiger partial charge in [-0.2, -0.15) is 21.8 Å². The fourth-order valence-electron chi connectivity index (χ4n) is 3.94. The molecule has 0 fully saturated rings. The van der Waals surface area contributed by atoms with Gasteiger partial charge in [0.25, 0.3) is 0 Å². The van der Waals surface area contributed by atoms with Crippen molar-refractivity contribution in [1.29, 1.82) is 0 Å². The second kappa shape index (κ2) is 13.6. The van der Waals surface area contributed by atoms with Gasteiger partial charge < -0.3 is 11.5 Å². The SMILES string of the molecule is Nc1nc(N)c(-c2ccc(Cl)c(Cl)c2)c(CCc2ccc(CCc3ccc(S(=O)(=O)F)cc3)cc2)n1.O=S(=O)(O)O. The first-order valence-corrected chi connectivity index (χ1v) is 15.3. The van der Waals surface area contributed by atoms with Crippen LogP contribution in [-0.2, 0) is 46.3 Å². The Morgan fingerprint density at radius 1 is 0.707 bits per heavy atom. The first kappa shape index (κ1) is 32.2. The number of hydrogen-bond donors (Lipinski definition) is 4. The molecule has 3 aromatic carbocycles. The van der Waals surface area contributed by atoms with Crippen LogP contribution in [0.3, 0.4) is 0 Å². The smallest absolute Gasteiger partial charge is 0.383 e. The molecule has 218 valence electrons. The van der Waals surface area contributed by atoms with Crippen LogP contribution < -0.4 is 11.5 Å². The van der Waals surface area contributed by atoms with Crippen molar-refractivity contribution in [2.75, 3.05) is 11.5 Å². The predicted octanol–water partition coefficient (Wildman–Crippen LogP) is 5.19. The molecular formula is C26H25Cl2FN4O6S2. The highest BCUT2D eigenvalue weighted by molar-refractivity contribution is 7.86. The van der Waals surface area contributed by atoms with Gasteiger partial charge in [0.05, 0.1) is 20.6 Å². The maximum atomic E-state index is 13.0. The lowest BCUT2D eigenvalue weighted by Gasteiger charge is -2.13. The lowest BCUT2D eigenvalue weighted by atomic mass is 9.98. The van der Waals surface area contributed by atoms with Crippen molar-refractivity contribution >= 4 is 55.6 Å². The Labute approximate surface area is 247 Å². The summed E-state index contributed by atoms with van der Waals surface area (Å²) in [7, 11) is -9.34. The van der Waals surface area contributed by atoms with Gasteiger partial charge in [-0.1, -0.05) is 65.7 Å². The van der Waals surface area contributed by atoms with Crippen molar-refractivity contribution in [3.8, 4) is 11.1 Å². The van der Waals surface area contributed by atoms with E-state index in [-0.39, 0.29) is 16.7 Å². The molecule has 4 aromatic rings. The monoisotopic (exact) mass is 642 g/mol.